The molecule has 0 spiro atoms. The van der Waals surface area contributed by atoms with E-state index in [4.69, 9.17) is 8.92 Å². The lowest BCUT2D eigenvalue weighted by atomic mass is 10.1. The van der Waals surface area contributed by atoms with Crippen LogP contribution in [0.25, 0.3) is 0 Å². The zero-order valence-electron chi connectivity index (χ0n) is 15.1. The van der Waals surface area contributed by atoms with Crippen molar-refractivity contribution in [3.05, 3.63) is 35.4 Å². The van der Waals surface area contributed by atoms with Crippen molar-refractivity contribution in [2.24, 2.45) is 0 Å². The molecule has 1 aromatic rings. The van der Waals surface area contributed by atoms with Crippen LogP contribution in [-0.4, -0.2) is 41.5 Å². The highest BCUT2D eigenvalue weighted by Crippen LogP contribution is 2.29. The van der Waals surface area contributed by atoms with E-state index in [2.05, 4.69) is 0 Å². The number of hydrogen-bond acceptors (Lipinski definition) is 4. The van der Waals surface area contributed by atoms with Crippen molar-refractivity contribution in [1.29, 1.82) is 0 Å². The number of likely N-dealkylation sites (tertiary alicyclic amines) is 1. The fourth-order valence-electron chi connectivity index (χ4n) is 2.46. The van der Waals surface area contributed by atoms with E-state index in [1.54, 1.807) is 4.90 Å². The maximum absolute atomic E-state index is 12.5. The number of hydrogen-bond donors (Lipinski definition) is 0. The van der Waals surface area contributed by atoms with Crippen LogP contribution in [-0.2, 0) is 21.5 Å². The maximum atomic E-state index is 12.5. The van der Waals surface area contributed by atoms with E-state index in [1.807, 2.05) is 20.8 Å². The van der Waals surface area contributed by atoms with E-state index in [-0.39, 0.29) is 11.3 Å². The van der Waals surface area contributed by atoms with Gasteiger partial charge in [0.25, 0.3) is 0 Å². The van der Waals surface area contributed by atoms with Crippen molar-refractivity contribution in [2.75, 3.05) is 19.7 Å². The fourth-order valence-corrected chi connectivity index (χ4v) is 3.28. The highest BCUT2D eigenvalue weighted by Gasteiger charge is 2.31. The van der Waals surface area contributed by atoms with Gasteiger partial charge < -0.3 is 13.8 Å². The molecule has 1 fully saturated rings. The van der Waals surface area contributed by atoms with Crippen molar-refractivity contribution >= 4 is 18.1 Å². The summed E-state index contributed by atoms with van der Waals surface area (Å²) in [6, 6.07) is 5.10. The van der Waals surface area contributed by atoms with Gasteiger partial charge in [-0.2, -0.15) is 13.2 Å². The Morgan fingerprint density at radius 1 is 1.23 bits per heavy atom. The van der Waals surface area contributed by atoms with Crippen LogP contribution in [0.2, 0.25) is 0 Å². The van der Waals surface area contributed by atoms with Gasteiger partial charge in [0.2, 0.25) is 0 Å². The average Bonchev–Trinajstić information content (AvgIpc) is 2.98. The van der Waals surface area contributed by atoms with Gasteiger partial charge in [0, 0.05) is 13.1 Å². The topological polar surface area (TPSA) is 38.8 Å². The Balaban J connectivity index is 1.67. The first kappa shape index (κ1) is 20.9. The molecule has 146 valence electrons. The molecule has 0 aromatic heterocycles. The molecule has 2 rings (SSSR count). The minimum atomic E-state index is -4.31. The van der Waals surface area contributed by atoms with E-state index >= 15 is 0 Å². The van der Waals surface area contributed by atoms with Crippen LogP contribution in [0.3, 0.4) is 0 Å². The minimum Gasteiger partial charge on any atom is -0.444 e. The molecule has 1 saturated heterocycles. The zero-order valence-corrected chi connectivity index (χ0v) is 16.0. The van der Waals surface area contributed by atoms with Gasteiger partial charge in [0.15, 0.2) is 0 Å². The van der Waals surface area contributed by atoms with Crippen LogP contribution in [0.1, 0.15) is 38.3 Å². The predicted molar refractivity (Wildman–Crippen MR) is 94.9 cm³/mol. The molecule has 1 unspecified atom stereocenters. The molecule has 26 heavy (non-hydrogen) atoms. The Kier molecular flexibility index (Phi) is 6.85. The normalized spacial score (nSPS) is 18.2. The molecule has 1 atom stereocenters. The minimum absolute atomic E-state index is 0.176. The molecule has 0 N–H and O–H groups in total. The monoisotopic (exact) mass is 391 g/mol. The van der Waals surface area contributed by atoms with Crippen molar-refractivity contribution < 1.29 is 26.9 Å². The molecular weight excluding hydrogens is 367 g/mol. The lowest BCUT2D eigenvalue weighted by Gasteiger charge is -2.24. The van der Waals surface area contributed by atoms with Crippen molar-refractivity contribution in [1.82, 2.24) is 4.90 Å². The number of nitrogens with zero attached hydrogens (tertiary/aromatic N) is 1. The Morgan fingerprint density at radius 3 is 2.46 bits per heavy atom. The summed E-state index contributed by atoms with van der Waals surface area (Å²) in [4.78, 5) is 13.7. The van der Waals surface area contributed by atoms with Crippen LogP contribution in [0.15, 0.2) is 24.3 Å². The molecule has 1 aliphatic heterocycles. The first-order valence-electron chi connectivity index (χ1n) is 8.47. The molecule has 1 aliphatic rings. The van der Waals surface area contributed by atoms with E-state index in [9.17, 15) is 18.0 Å². The van der Waals surface area contributed by atoms with Crippen LogP contribution < -0.4 is 0 Å². The van der Waals surface area contributed by atoms with E-state index < -0.39 is 17.3 Å². The summed E-state index contributed by atoms with van der Waals surface area (Å²) >= 11 is 1.32. The van der Waals surface area contributed by atoms with Gasteiger partial charge in [-0.3, -0.25) is 0 Å². The van der Waals surface area contributed by atoms with E-state index in [0.29, 0.717) is 26.1 Å². The standard InChI is InChI=1S/C18H24F3NO3S/c1-17(2,3)25-16(23)22-10-8-15(12-22)26-24-11-9-13-4-6-14(7-5-13)18(19,20)21/h4-7,15H,8-12H2,1-3H3. The first-order chi connectivity index (χ1) is 12.0. The number of carbonyl (C=O) groups excluding carboxylic acids is 1. The van der Waals surface area contributed by atoms with Crippen molar-refractivity contribution in [3.8, 4) is 0 Å². The van der Waals surface area contributed by atoms with Gasteiger partial charge in [-0.15, -0.1) is 0 Å². The highest BCUT2D eigenvalue weighted by molar-refractivity contribution is 7.95. The Morgan fingerprint density at radius 2 is 1.88 bits per heavy atom. The Bertz CT molecular complexity index is 599. The van der Waals surface area contributed by atoms with Gasteiger partial charge in [-0.05, 0) is 63.4 Å². The van der Waals surface area contributed by atoms with Crippen LogP contribution in [0.4, 0.5) is 18.0 Å². The molecular formula is C18H24F3NO3S. The number of amides is 1. The summed E-state index contributed by atoms with van der Waals surface area (Å²) in [5.74, 6) is 0. The van der Waals surface area contributed by atoms with Crippen molar-refractivity contribution in [3.63, 3.8) is 0 Å². The molecule has 8 heteroatoms. The number of carbonyl (C=O) groups is 1. The second-order valence-corrected chi connectivity index (χ2v) is 8.29. The summed E-state index contributed by atoms with van der Waals surface area (Å²) in [6.45, 7) is 7.10. The average molecular weight is 391 g/mol. The maximum Gasteiger partial charge on any atom is 0.416 e. The number of alkyl halides is 3. The summed E-state index contributed by atoms with van der Waals surface area (Å²) in [7, 11) is 0. The first-order valence-corrected chi connectivity index (χ1v) is 9.27. The van der Waals surface area contributed by atoms with Gasteiger partial charge in [-0.25, -0.2) is 4.79 Å². The Hall–Kier alpha value is -1.41. The highest BCUT2D eigenvalue weighted by atomic mass is 32.2. The summed E-state index contributed by atoms with van der Waals surface area (Å²) in [6.07, 6.45) is -3.27. The predicted octanol–water partition coefficient (Wildman–Crippen LogP) is 4.92. The molecule has 1 amide bonds. The van der Waals surface area contributed by atoms with Crippen LogP contribution in [0.5, 0.6) is 0 Å². The van der Waals surface area contributed by atoms with E-state index in [1.165, 1.54) is 24.2 Å². The molecule has 0 bridgehead atoms. The number of ether oxygens (including phenoxy) is 1. The zero-order chi connectivity index (χ0) is 19.4. The molecule has 1 heterocycles. The molecule has 1 aromatic carbocycles. The number of rotatable bonds is 5. The van der Waals surface area contributed by atoms with Gasteiger partial charge in [0.1, 0.15) is 5.60 Å². The van der Waals surface area contributed by atoms with E-state index in [0.717, 1.165) is 24.1 Å². The molecule has 0 radical (unpaired) electrons. The third kappa shape index (κ3) is 6.72. The van der Waals surface area contributed by atoms with Gasteiger partial charge >= 0.3 is 12.3 Å². The second kappa shape index (κ2) is 8.52. The quantitative estimate of drug-likeness (QED) is 0.527. The summed E-state index contributed by atoms with van der Waals surface area (Å²) in [5.41, 5.74) is -0.370. The largest absolute Gasteiger partial charge is 0.444 e. The van der Waals surface area contributed by atoms with Crippen molar-refractivity contribution in [2.45, 2.75) is 50.6 Å². The van der Waals surface area contributed by atoms with Gasteiger partial charge in [-0.1, -0.05) is 12.1 Å². The summed E-state index contributed by atoms with van der Waals surface area (Å²) < 4.78 is 48.4. The second-order valence-electron chi connectivity index (χ2n) is 7.20. The Labute approximate surface area is 156 Å². The lowest BCUT2D eigenvalue weighted by Crippen LogP contribution is -2.35. The van der Waals surface area contributed by atoms with Gasteiger partial charge in [0.05, 0.1) is 17.4 Å². The third-order valence-electron chi connectivity index (χ3n) is 3.76. The fraction of sp³-hybridized carbons (Fsp3) is 0.611. The third-order valence-corrected chi connectivity index (χ3v) is 4.72. The molecule has 0 saturated carbocycles. The lowest BCUT2D eigenvalue weighted by molar-refractivity contribution is -0.137. The number of benzene rings is 1. The molecule has 4 nitrogen and oxygen atoms in total. The SMILES string of the molecule is CC(C)(C)OC(=O)N1CCC(SOCCc2ccc(C(F)(F)F)cc2)C1. The molecule has 0 aliphatic carbocycles. The smallest absolute Gasteiger partial charge is 0.416 e. The summed E-state index contributed by atoms with van der Waals surface area (Å²) in [5, 5.41) is 0.176. The van der Waals surface area contributed by atoms with Crippen LogP contribution >= 0.6 is 12.0 Å². The van der Waals surface area contributed by atoms with Crippen LogP contribution in [0, 0.1) is 0 Å². The number of halogens is 3.